The van der Waals surface area contributed by atoms with Crippen molar-refractivity contribution in [3.05, 3.63) is 144 Å². The summed E-state index contributed by atoms with van der Waals surface area (Å²) in [5, 5.41) is 4.93. The van der Waals surface area contributed by atoms with Crippen molar-refractivity contribution < 1.29 is 0 Å². The van der Waals surface area contributed by atoms with E-state index in [0.29, 0.717) is 0 Å². The van der Waals surface area contributed by atoms with Crippen LogP contribution in [-0.4, -0.2) is 12.4 Å². The Bertz CT molecular complexity index is 1710. The number of hydrogen-bond acceptors (Lipinski definition) is 2. The third kappa shape index (κ3) is 5.02. The van der Waals surface area contributed by atoms with E-state index in [4.69, 9.17) is 9.98 Å². The van der Waals surface area contributed by atoms with Crippen molar-refractivity contribution in [1.29, 1.82) is 0 Å². The first-order chi connectivity index (χ1) is 18.6. The van der Waals surface area contributed by atoms with Crippen LogP contribution in [0.2, 0.25) is 0 Å². The SMILES string of the molecule is Cc1cc(-c2ccc(N=Cc3ccc4ccccc4c3)c(C)c2)ccc1N=Cc1ccc2ccccc2c1. The second-order valence-corrected chi connectivity index (χ2v) is 9.73. The molecule has 38 heavy (non-hydrogen) atoms. The number of nitrogens with zero attached hydrogens (tertiary/aromatic N) is 2. The zero-order chi connectivity index (χ0) is 25.9. The van der Waals surface area contributed by atoms with E-state index in [1.807, 2.05) is 12.4 Å². The minimum Gasteiger partial charge on any atom is -0.256 e. The van der Waals surface area contributed by atoms with Crippen LogP contribution in [0, 0.1) is 13.8 Å². The molecule has 0 aliphatic heterocycles. The van der Waals surface area contributed by atoms with Crippen LogP contribution in [0.25, 0.3) is 32.7 Å². The molecule has 2 nitrogen and oxygen atoms in total. The summed E-state index contributed by atoms with van der Waals surface area (Å²) in [5.41, 5.74) is 8.82. The maximum absolute atomic E-state index is 4.78. The minimum atomic E-state index is 0.982. The molecule has 6 aromatic rings. The third-order valence-corrected chi connectivity index (χ3v) is 6.98. The lowest BCUT2D eigenvalue weighted by Crippen LogP contribution is -1.85. The van der Waals surface area contributed by atoms with E-state index in [2.05, 4.69) is 135 Å². The monoisotopic (exact) mass is 488 g/mol. The molecule has 2 heteroatoms. The smallest absolute Gasteiger partial charge is 0.0659 e. The van der Waals surface area contributed by atoms with Crippen molar-refractivity contribution in [3.8, 4) is 11.1 Å². The highest BCUT2D eigenvalue weighted by Crippen LogP contribution is 2.30. The van der Waals surface area contributed by atoms with Crippen LogP contribution in [-0.2, 0) is 0 Å². The predicted octanol–water partition coefficient (Wildman–Crippen LogP) is 9.78. The maximum atomic E-state index is 4.78. The summed E-state index contributed by atoms with van der Waals surface area (Å²) in [6.07, 6.45) is 3.89. The molecule has 0 amide bonds. The van der Waals surface area contributed by atoms with Gasteiger partial charge in [-0.1, -0.05) is 84.9 Å². The number of aryl methyl sites for hydroxylation is 2. The summed E-state index contributed by atoms with van der Waals surface area (Å²) in [5.74, 6) is 0. The minimum absolute atomic E-state index is 0.982. The molecule has 0 spiro atoms. The van der Waals surface area contributed by atoms with Gasteiger partial charge in [0.2, 0.25) is 0 Å². The third-order valence-electron chi connectivity index (χ3n) is 6.98. The van der Waals surface area contributed by atoms with Gasteiger partial charge in [-0.25, -0.2) is 0 Å². The number of rotatable bonds is 5. The molecule has 0 aliphatic carbocycles. The Morgan fingerprint density at radius 3 is 1.26 bits per heavy atom. The Balaban J connectivity index is 1.20. The van der Waals surface area contributed by atoms with Gasteiger partial charge in [0.05, 0.1) is 11.4 Å². The molecule has 0 saturated heterocycles. The molecular weight excluding hydrogens is 460 g/mol. The highest BCUT2D eigenvalue weighted by molar-refractivity contribution is 5.92. The predicted molar refractivity (Wildman–Crippen MR) is 164 cm³/mol. The molecule has 0 radical (unpaired) electrons. The first-order valence-electron chi connectivity index (χ1n) is 12.9. The molecule has 0 bridgehead atoms. The van der Waals surface area contributed by atoms with E-state index < -0.39 is 0 Å². The zero-order valence-corrected chi connectivity index (χ0v) is 21.6. The molecule has 0 saturated carbocycles. The van der Waals surface area contributed by atoms with Crippen molar-refractivity contribution >= 4 is 45.3 Å². The lowest BCUT2D eigenvalue weighted by Gasteiger charge is -2.08. The first-order valence-corrected chi connectivity index (χ1v) is 12.9. The van der Waals surface area contributed by atoms with Crippen LogP contribution >= 0.6 is 0 Å². The van der Waals surface area contributed by atoms with Gasteiger partial charge in [-0.15, -0.1) is 0 Å². The molecule has 0 atom stereocenters. The Labute approximate surface area is 223 Å². The van der Waals surface area contributed by atoms with Crippen LogP contribution < -0.4 is 0 Å². The largest absolute Gasteiger partial charge is 0.256 e. The maximum Gasteiger partial charge on any atom is 0.0659 e. The fraction of sp³-hybridized carbons (Fsp3) is 0.0556. The van der Waals surface area contributed by atoms with Gasteiger partial charge in [-0.2, -0.15) is 0 Å². The van der Waals surface area contributed by atoms with Crippen molar-refractivity contribution in [2.75, 3.05) is 0 Å². The topological polar surface area (TPSA) is 24.7 Å². The van der Waals surface area contributed by atoms with Gasteiger partial charge in [-0.3, -0.25) is 9.98 Å². The summed E-state index contributed by atoms with van der Waals surface area (Å²) < 4.78 is 0. The number of hydrogen-bond donors (Lipinski definition) is 0. The molecule has 6 rings (SSSR count). The molecule has 6 aromatic carbocycles. The average Bonchev–Trinajstić information content (AvgIpc) is 2.95. The number of benzene rings is 6. The van der Waals surface area contributed by atoms with Crippen LogP contribution in [0.3, 0.4) is 0 Å². The van der Waals surface area contributed by atoms with Crippen LogP contribution in [0.5, 0.6) is 0 Å². The Morgan fingerprint density at radius 1 is 0.421 bits per heavy atom. The summed E-state index contributed by atoms with van der Waals surface area (Å²) in [4.78, 5) is 9.55. The molecule has 0 aromatic heterocycles. The van der Waals surface area contributed by atoms with Crippen molar-refractivity contribution in [3.63, 3.8) is 0 Å². The van der Waals surface area contributed by atoms with Crippen molar-refractivity contribution in [2.45, 2.75) is 13.8 Å². The lowest BCUT2D eigenvalue weighted by molar-refractivity contribution is 1.38. The Hall–Kier alpha value is -4.82. The van der Waals surface area contributed by atoms with Gasteiger partial charge in [0.1, 0.15) is 0 Å². The Morgan fingerprint density at radius 2 is 0.842 bits per heavy atom. The molecule has 182 valence electrons. The van der Waals surface area contributed by atoms with E-state index in [1.54, 1.807) is 0 Å². The van der Waals surface area contributed by atoms with E-state index >= 15 is 0 Å². The summed E-state index contributed by atoms with van der Waals surface area (Å²) in [7, 11) is 0. The molecule has 0 N–H and O–H groups in total. The van der Waals surface area contributed by atoms with Gasteiger partial charge >= 0.3 is 0 Å². The highest BCUT2D eigenvalue weighted by Gasteiger charge is 2.05. The fourth-order valence-corrected chi connectivity index (χ4v) is 4.82. The first kappa shape index (κ1) is 23.6. The second-order valence-electron chi connectivity index (χ2n) is 9.73. The molecule has 0 heterocycles. The molecule has 0 unspecified atom stereocenters. The number of fused-ring (bicyclic) bond motifs is 2. The van der Waals surface area contributed by atoms with Gasteiger partial charge in [-0.05, 0) is 105 Å². The quantitative estimate of drug-likeness (QED) is 0.216. The zero-order valence-electron chi connectivity index (χ0n) is 21.6. The van der Waals surface area contributed by atoms with Crippen LogP contribution in [0.1, 0.15) is 22.3 Å². The molecule has 0 aliphatic rings. The van der Waals surface area contributed by atoms with Crippen molar-refractivity contribution in [2.24, 2.45) is 9.98 Å². The van der Waals surface area contributed by atoms with Gasteiger partial charge < -0.3 is 0 Å². The van der Waals surface area contributed by atoms with Crippen LogP contribution in [0.15, 0.2) is 131 Å². The standard InChI is InChI=1S/C36H28N2/c1-25-19-33(15-17-35(25)37-23-27-11-13-29-7-3-5-9-31(29)21-27)34-16-18-36(26(2)20-34)38-24-28-12-14-30-8-4-6-10-32(30)22-28/h3-24H,1-2H3. The van der Waals surface area contributed by atoms with Gasteiger partial charge in [0.15, 0.2) is 0 Å². The average molecular weight is 489 g/mol. The summed E-state index contributed by atoms with van der Waals surface area (Å²) in [6, 6.07) is 42.6. The van der Waals surface area contributed by atoms with E-state index in [0.717, 1.165) is 33.6 Å². The normalized spacial score (nSPS) is 11.7. The van der Waals surface area contributed by atoms with Crippen molar-refractivity contribution in [1.82, 2.24) is 0 Å². The van der Waals surface area contributed by atoms with E-state index in [1.165, 1.54) is 32.7 Å². The fourth-order valence-electron chi connectivity index (χ4n) is 4.82. The van der Waals surface area contributed by atoms with Gasteiger partial charge in [0.25, 0.3) is 0 Å². The lowest BCUT2D eigenvalue weighted by atomic mass is 10.00. The van der Waals surface area contributed by atoms with E-state index in [9.17, 15) is 0 Å². The molecular formula is C36H28N2. The van der Waals surface area contributed by atoms with Gasteiger partial charge in [0, 0.05) is 12.4 Å². The number of aliphatic imine (C=N–C) groups is 2. The van der Waals surface area contributed by atoms with E-state index in [-0.39, 0.29) is 0 Å². The highest BCUT2D eigenvalue weighted by atomic mass is 14.7. The second kappa shape index (κ2) is 10.3. The Kier molecular flexibility index (Phi) is 6.37. The molecule has 0 fully saturated rings. The summed E-state index contributed by atoms with van der Waals surface area (Å²) >= 11 is 0. The van der Waals surface area contributed by atoms with Crippen LogP contribution in [0.4, 0.5) is 11.4 Å². The summed E-state index contributed by atoms with van der Waals surface area (Å²) in [6.45, 7) is 4.23.